The van der Waals surface area contributed by atoms with Crippen molar-refractivity contribution in [1.29, 1.82) is 5.26 Å². The zero-order valence-electron chi connectivity index (χ0n) is 7.47. The van der Waals surface area contributed by atoms with Crippen molar-refractivity contribution < 1.29 is 4.39 Å². The number of nitriles is 1. The predicted octanol–water partition coefficient (Wildman–Crippen LogP) is 2.82. The molecule has 0 aliphatic carbocycles. The van der Waals surface area contributed by atoms with Crippen LogP contribution in [0.25, 0.3) is 0 Å². The van der Waals surface area contributed by atoms with Crippen molar-refractivity contribution in [3.05, 3.63) is 47.3 Å². The highest BCUT2D eigenvalue weighted by Gasteiger charge is 2.03. The quantitative estimate of drug-likeness (QED) is 0.634. The van der Waals surface area contributed by atoms with Crippen molar-refractivity contribution in [3.8, 4) is 6.07 Å². The van der Waals surface area contributed by atoms with E-state index in [1.165, 1.54) is 18.2 Å². The summed E-state index contributed by atoms with van der Waals surface area (Å²) in [6.45, 7) is 5.58. The van der Waals surface area contributed by atoms with E-state index in [2.05, 4.69) is 6.58 Å². The number of nitrogens with zero attached hydrogens (tertiary/aromatic N) is 1. The predicted molar refractivity (Wildman–Crippen MR) is 49.6 cm³/mol. The Morgan fingerprint density at radius 3 is 2.85 bits per heavy atom. The first-order chi connectivity index (χ1) is 6.13. The van der Waals surface area contributed by atoms with Gasteiger partial charge < -0.3 is 0 Å². The fraction of sp³-hybridized carbons (Fsp3) is 0.182. The molecule has 1 aromatic rings. The molecule has 0 heterocycles. The zero-order valence-corrected chi connectivity index (χ0v) is 7.47. The third kappa shape index (κ3) is 2.41. The Bertz CT molecular complexity index is 374. The van der Waals surface area contributed by atoms with Gasteiger partial charge in [0.2, 0.25) is 0 Å². The molecule has 1 nitrogen and oxygen atoms in total. The fourth-order valence-electron chi connectivity index (χ4n) is 1.14. The molecule has 0 saturated heterocycles. The Hall–Kier alpha value is -1.62. The molecule has 66 valence electrons. The summed E-state index contributed by atoms with van der Waals surface area (Å²) in [4.78, 5) is 0. The zero-order chi connectivity index (χ0) is 9.84. The summed E-state index contributed by atoms with van der Waals surface area (Å²) in [5.74, 6) is -0.310. The van der Waals surface area contributed by atoms with E-state index in [4.69, 9.17) is 5.26 Å². The van der Waals surface area contributed by atoms with E-state index in [-0.39, 0.29) is 5.82 Å². The molecule has 2 heteroatoms. The van der Waals surface area contributed by atoms with Crippen molar-refractivity contribution in [2.24, 2.45) is 0 Å². The number of rotatable bonds is 2. The van der Waals surface area contributed by atoms with Crippen molar-refractivity contribution >= 4 is 0 Å². The Morgan fingerprint density at radius 2 is 2.31 bits per heavy atom. The fourth-order valence-corrected chi connectivity index (χ4v) is 1.14. The van der Waals surface area contributed by atoms with Crippen LogP contribution in [0.5, 0.6) is 0 Å². The molecular weight excluding hydrogens is 165 g/mol. The first kappa shape index (κ1) is 9.47. The van der Waals surface area contributed by atoms with Crippen molar-refractivity contribution in [2.75, 3.05) is 0 Å². The molecule has 1 rings (SSSR count). The first-order valence-electron chi connectivity index (χ1n) is 3.96. The van der Waals surface area contributed by atoms with Crippen LogP contribution < -0.4 is 0 Å². The summed E-state index contributed by atoms with van der Waals surface area (Å²) < 4.78 is 12.8. The number of hydrogen-bond acceptors (Lipinski definition) is 1. The molecule has 0 spiro atoms. The lowest BCUT2D eigenvalue weighted by atomic mass is 10.0. The van der Waals surface area contributed by atoms with Crippen LogP contribution in [-0.2, 0) is 6.42 Å². The lowest BCUT2D eigenvalue weighted by molar-refractivity contribution is 0.625. The summed E-state index contributed by atoms with van der Waals surface area (Å²) in [6.07, 6.45) is 0.556. The van der Waals surface area contributed by atoms with Gasteiger partial charge in [-0.3, -0.25) is 0 Å². The summed E-state index contributed by atoms with van der Waals surface area (Å²) in [6, 6.07) is 6.19. The van der Waals surface area contributed by atoms with Crippen molar-refractivity contribution in [3.63, 3.8) is 0 Å². The molecule has 0 N–H and O–H groups in total. The largest absolute Gasteiger partial charge is 0.207 e. The highest BCUT2D eigenvalue weighted by molar-refractivity contribution is 5.39. The average Bonchev–Trinajstić information content (AvgIpc) is 2.03. The maximum absolute atomic E-state index is 12.8. The van der Waals surface area contributed by atoms with Gasteiger partial charge in [-0.2, -0.15) is 5.26 Å². The number of benzene rings is 1. The molecule has 0 bridgehead atoms. The van der Waals surface area contributed by atoms with Gasteiger partial charge in [-0.05, 0) is 37.1 Å². The topological polar surface area (TPSA) is 23.8 Å². The van der Waals surface area contributed by atoms with E-state index in [1.807, 2.05) is 13.0 Å². The van der Waals surface area contributed by atoms with Gasteiger partial charge in [-0.1, -0.05) is 12.2 Å². The smallest absolute Gasteiger partial charge is 0.123 e. The summed E-state index contributed by atoms with van der Waals surface area (Å²) in [7, 11) is 0. The minimum atomic E-state index is -0.310. The van der Waals surface area contributed by atoms with Gasteiger partial charge in [-0.15, -0.1) is 0 Å². The van der Waals surface area contributed by atoms with E-state index in [1.54, 1.807) is 0 Å². The Kier molecular flexibility index (Phi) is 2.81. The molecule has 0 aliphatic heterocycles. The first-order valence-corrected chi connectivity index (χ1v) is 3.96. The number of hydrogen-bond donors (Lipinski definition) is 0. The van der Waals surface area contributed by atoms with E-state index in [0.29, 0.717) is 17.5 Å². The minimum absolute atomic E-state index is 0.310. The third-order valence-electron chi connectivity index (χ3n) is 1.68. The molecule has 0 amide bonds. The van der Waals surface area contributed by atoms with Crippen LogP contribution in [0.3, 0.4) is 0 Å². The molecule has 0 aromatic heterocycles. The summed E-state index contributed by atoms with van der Waals surface area (Å²) in [5, 5.41) is 8.72. The average molecular weight is 175 g/mol. The van der Waals surface area contributed by atoms with Gasteiger partial charge in [0.15, 0.2) is 0 Å². The van der Waals surface area contributed by atoms with Crippen LogP contribution in [-0.4, -0.2) is 0 Å². The second-order valence-electron chi connectivity index (χ2n) is 3.05. The Balaban J connectivity index is 3.10. The highest BCUT2D eigenvalue weighted by atomic mass is 19.1. The third-order valence-corrected chi connectivity index (χ3v) is 1.68. The van der Waals surface area contributed by atoms with Crippen molar-refractivity contribution in [2.45, 2.75) is 13.3 Å². The summed E-state index contributed by atoms with van der Waals surface area (Å²) in [5.41, 5.74) is 2.14. The SMILES string of the molecule is C=C(C)Cc1cc(F)ccc1C#N. The van der Waals surface area contributed by atoms with Crippen molar-refractivity contribution in [1.82, 2.24) is 0 Å². The molecule has 0 fully saturated rings. The van der Waals surface area contributed by atoms with Gasteiger partial charge in [0, 0.05) is 0 Å². The molecule has 0 atom stereocenters. The van der Waals surface area contributed by atoms with Crippen LogP contribution in [0.2, 0.25) is 0 Å². The van der Waals surface area contributed by atoms with Gasteiger partial charge in [0.05, 0.1) is 11.6 Å². The molecule has 13 heavy (non-hydrogen) atoms. The van der Waals surface area contributed by atoms with Crippen LogP contribution in [0.4, 0.5) is 4.39 Å². The molecule has 1 aromatic carbocycles. The Labute approximate surface area is 77.1 Å². The van der Waals surface area contributed by atoms with E-state index < -0.39 is 0 Å². The van der Waals surface area contributed by atoms with E-state index in [0.717, 1.165) is 5.57 Å². The van der Waals surface area contributed by atoms with Gasteiger partial charge in [0.25, 0.3) is 0 Å². The molecule has 0 saturated carbocycles. The highest BCUT2D eigenvalue weighted by Crippen LogP contribution is 2.13. The minimum Gasteiger partial charge on any atom is -0.207 e. The second-order valence-corrected chi connectivity index (χ2v) is 3.05. The van der Waals surface area contributed by atoms with Gasteiger partial charge in [-0.25, -0.2) is 4.39 Å². The number of halogens is 1. The maximum Gasteiger partial charge on any atom is 0.123 e. The molecule has 0 unspecified atom stereocenters. The van der Waals surface area contributed by atoms with Crippen LogP contribution >= 0.6 is 0 Å². The Morgan fingerprint density at radius 1 is 1.62 bits per heavy atom. The van der Waals surface area contributed by atoms with E-state index in [9.17, 15) is 4.39 Å². The van der Waals surface area contributed by atoms with E-state index >= 15 is 0 Å². The summed E-state index contributed by atoms with van der Waals surface area (Å²) >= 11 is 0. The van der Waals surface area contributed by atoms with Gasteiger partial charge in [0.1, 0.15) is 5.82 Å². The maximum atomic E-state index is 12.8. The van der Waals surface area contributed by atoms with Crippen LogP contribution in [0.15, 0.2) is 30.4 Å². The number of allylic oxidation sites excluding steroid dienone is 1. The lowest BCUT2D eigenvalue weighted by Gasteiger charge is -2.02. The van der Waals surface area contributed by atoms with Crippen LogP contribution in [0, 0.1) is 17.1 Å². The van der Waals surface area contributed by atoms with Gasteiger partial charge >= 0.3 is 0 Å². The normalized spacial score (nSPS) is 9.31. The standard InChI is InChI=1S/C11H10FN/c1-8(2)5-10-6-11(12)4-3-9(10)7-13/h3-4,6H,1,5H2,2H3. The molecule has 0 radical (unpaired) electrons. The monoisotopic (exact) mass is 175 g/mol. The molecule has 0 aliphatic rings. The van der Waals surface area contributed by atoms with Crippen LogP contribution in [0.1, 0.15) is 18.1 Å². The lowest BCUT2D eigenvalue weighted by Crippen LogP contribution is -1.92. The second kappa shape index (κ2) is 3.86. The molecular formula is C11H10FN.